The van der Waals surface area contributed by atoms with Gasteiger partial charge in [0.15, 0.2) is 0 Å². The summed E-state index contributed by atoms with van der Waals surface area (Å²) >= 11 is 2.11. The molecule has 1 aliphatic heterocycles. The van der Waals surface area contributed by atoms with Crippen molar-refractivity contribution in [2.75, 3.05) is 25.1 Å². The maximum atomic E-state index is 2.52. The maximum Gasteiger partial charge on any atom is 0.0209 e. The molecule has 1 rings (SSSR count). The molecule has 11 heavy (non-hydrogen) atoms. The summed E-state index contributed by atoms with van der Waals surface area (Å²) in [6.45, 7) is 5.94. The van der Waals surface area contributed by atoms with Crippen molar-refractivity contribution >= 4 is 11.8 Å². The lowest BCUT2D eigenvalue weighted by atomic mass is 9.99. The molecule has 2 heteroatoms. The lowest BCUT2D eigenvalue weighted by molar-refractivity contribution is 0.204. The summed E-state index contributed by atoms with van der Waals surface area (Å²) in [6, 6.07) is 0.832. The molecule has 0 aromatic rings. The zero-order valence-electron chi connectivity index (χ0n) is 7.84. The van der Waals surface area contributed by atoms with E-state index in [-0.39, 0.29) is 0 Å². The van der Waals surface area contributed by atoms with Crippen molar-refractivity contribution in [1.82, 2.24) is 4.90 Å². The first-order valence-electron chi connectivity index (χ1n) is 4.53. The van der Waals surface area contributed by atoms with E-state index in [1.807, 2.05) is 0 Å². The predicted octanol–water partition coefficient (Wildman–Crippen LogP) is 2.08. The Morgan fingerprint density at radius 3 is 2.91 bits per heavy atom. The summed E-state index contributed by atoms with van der Waals surface area (Å²) in [6.07, 6.45) is 1.32. The van der Waals surface area contributed by atoms with Crippen molar-refractivity contribution in [3.63, 3.8) is 0 Å². The van der Waals surface area contributed by atoms with E-state index >= 15 is 0 Å². The zero-order chi connectivity index (χ0) is 8.27. The minimum Gasteiger partial charge on any atom is -0.302 e. The quantitative estimate of drug-likeness (QED) is 0.629. The predicted molar refractivity (Wildman–Crippen MR) is 53.2 cm³/mol. The molecule has 2 atom stereocenters. The molecule has 0 N–H and O–H groups in total. The van der Waals surface area contributed by atoms with Crippen LogP contribution in [0.5, 0.6) is 0 Å². The lowest BCUT2D eigenvalue weighted by Gasteiger charge is -2.35. The van der Waals surface area contributed by atoms with Crippen LogP contribution in [0, 0.1) is 5.92 Å². The van der Waals surface area contributed by atoms with E-state index in [2.05, 4.69) is 37.6 Å². The Morgan fingerprint density at radius 1 is 1.64 bits per heavy atom. The second kappa shape index (κ2) is 4.36. The first-order chi connectivity index (χ1) is 5.25. The monoisotopic (exact) mass is 173 g/mol. The van der Waals surface area contributed by atoms with E-state index < -0.39 is 0 Å². The van der Waals surface area contributed by atoms with Gasteiger partial charge in [0.2, 0.25) is 0 Å². The van der Waals surface area contributed by atoms with Gasteiger partial charge in [-0.2, -0.15) is 11.8 Å². The van der Waals surface area contributed by atoms with Gasteiger partial charge in [-0.3, -0.25) is 0 Å². The second-order valence-corrected chi connectivity index (χ2v) is 4.66. The summed E-state index contributed by atoms with van der Waals surface area (Å²) < 4.78 is 0. The molecule has 0 aromatic carbocycles. The fourth-order valence-electron chi connectivity index (χ4n) is 1.58. The highest BCUT2D eigenvalue weighted by Crippen LogP contribution is 2.22. The highest BCUT2D eigenvalue weighted by Gasteiger charge is 2.23. The van der Waals surface area contributed by atoms with Crippen molar-refractivity contribution in [3.05, 3.63) is 0 Å². The fraction of sp³-hybridized carbons (Fsp3) is 1.00. The van der Waals surface area contributed by atoms with Gasteiger partial charge in [-0.25, -0.2) is 0 Å². The first-order valence-corrected chi connectivity index (χ1v) is 5.69. The SMILES string of the molecule is CCC(C)[C@@H]1CSCCN1C. The molecule has 0 radical (unpaired) electrons. The number of rotatable bonds is 2. The van der Waals surface area contributed by atoms with Crippen LogP contribution in [0.2, 0.25) is 0 Å². The van der Waals surface area contributed by atoms with Crippen LogP contribution < -0.4 is 0 Å². The fourth-order valence-corrected chi connectivity index (χ4v) is 2.98. The molecule has 1 unspecified atom stereocenters. The maximum absolute atomic E-state index is 2.52. The highest BCUT2D eigenvalue weighted by atomic mass is 32.2. The molecule has 0 aromatic heterocycles. The van der Waals surface area contributed by atoms with Crippen LogP contribution in [0.1, 0.15) is 20.3 Å². The Balaban J connectivity index is 2.40. The number of nitrogens with zero attached hydrogens (tertiary/aromatic N) is 1. The number of hydrogen-bond acceptors (Lipinski definition) is 2. The van der Waals surface area contributed by atoms with Crippen LogP contribution >= 0.6 is 11.8 Å². The topological polar surface area (TPSA) is 3.24 Å². The van der Waals surface area contributed by atoms with Crippen molar-refractivity contribution in [3.8, 4) is 0 Å². The number of hydrogen-bond donors (Lipinski definition) is 0. The molecule has 1 fully saturated rings. The van der Waals surface area contributed by atoms with E-state index in [0.717, 1.165) is 12.0 Å². The third kappa shape index (κ3) is 2.38. The Hall–Kier alpha value is 0.310. The van der Waals surface area contributed by atoms with Crippen molar-refractivity contribution < 1.29 is 0 Å². The normalized spacial score (nSPS) is 30.3. The molecular formula is C9H19NS. The van der Waals surface area contributed by atoms with Gasteiger partial charge in [0.25, 0.3) is 0 Å². The van der Waals surface area contributed by atoms with Crippen molar-refractivity contribution in [2.45, 2.75) is 26.3 Å². The minimum atomic E-state index is 0.832. The average Bonchev–Trinajstić information content (AvgIpc) is 2.04. The molecule has 0 amide bonds. The number of thioether (sulfide) groups is 1. The van der Waals surface area contributed by atoms with Gasteiger partial charge < -0.3 is 4.90 Å². The molecule has 0 saturated carbocycles. The largest absolute Gasteiger partial charge is 0.302 e. The Morgan fingerprint density at radius 2 is 2.36 bits per heavy atom. The van der Waals surface area contributed by atoms with Crippen LogP contribution in [0.25, 0.3) is 0 Å². The Kier molecular flexibility index (Phi) is 3.73. The standard InChI is InChI=1S/C9H19NS/c1-4-8(2)9-7-11-6-5-10(9)3/h8-9H,4-7H2,1-3H3/t8?,9-/m0/s1. The smallest absolute Gasteiger partial charge is 0.0209 e. The Labute approximate surface area is 74.5 Å². The molecule has 0 aliphatic carbocycles. The van der Waals surface area contributed by atoms with Gasteiger partial charge in [-0.1, -0.05) is 20.3 Å². The van der Waals surface area contributed by atoms with Crippen LogP contribution in [0.15, 0.2) is 0 Å². The van der Waals surface area contributed by atoms with Crippen molar-refractivity contribution in [2.24, 2.45) is 5.92 Å². The van der Waals surface area contributed by atoms with Crippen molar-refractivity contribution in [1.29, 1.82) is 0 Å². The molecule has 66 valence electrons. The van der Waals surface area contributed by atoms with E-state index in [1.165, 1.54) is 24.5 Å². The summed E-state index contributed by atoms with van der Waals surface area (Å²) in [7, 11) is 2.26. The average molecular weight is 173 g/mol. The summed E-state index contributed by atoms with van der Waals surface area (Å²) in [5.74, 6) is 3.53. The van der Waals surface area contributed by atoms with Crippen LogP contribution in [0.4, 0.5) is 0 Å². The third-order valence-corrected chi connectivity index (χ3v) is 3.79. The zero-order valence-corrected chi connectivity index (χ0v) is 8.66. The summed E-state index contributed by atoms with van der Waals surface area (Å²) in [5.41, 5.74) is 0. The first kappa shape index (κ1) is 9.40. The summed E-state index contributed by atoms with van der Waals surface area (Å²) in [4.78, 5) is 2.52. The van der Waals surface area contributed by atoms with Gasteiger partial charge in [0.1, 0.15) is 0 Å². The molecule has 0 bridgehead atoms. The Bertz CT molecular complexity index is 112. The van der Waals surface area contributed by atoms with E-state index in [9.17, 15) is 0 Å². The van der Waals surface area contributed by atoms with Gasteiger partial charge >= 0.3 is 0 Å². The van der Waals surface area contributed by atoms with Gasteiger partial charge in [-0.15, -0.1) is 0 Å². The van der Waals surface area contributed by atoms with Gasteiger partial charge in [0.05, 0.1) is 0 Å². The van der Waals surface area contributed by atoms with Gasteiger partial charge in [0, 0.05) is 24.1 Å². The van der Waals surface area contributed by atoms with Crippen LogP contribution in [-0.2, 0) is 0 Å². The lowest BCUT2D eigenvalue weighted by Crippen LogP contribution is -2.43. The molecule has 1 aliphatic rings. The molecule has 0 spiro atoms. The van der Waals surface area contributed by atoms with Crippen LogP contribution in [0.3, 0.4) is 0 Å². The third-order valence-electron chi connectivity index (χ3n) is 2.74. The second-order valence-electron chi connectivity index (χ2n) is 3.51. The molecule has 1 saturated heterocycles. The highest BCUT2D eigenvalue weighted by molar-refractivity contribution is 7.99. The minimum absolute atomic E-state index is 0.832. The van der Waals surface area contributed by atoms with E-state index in [4.69, 9.17) is 0 Å². The molecule has 1 nitrogen and oxygen atoms in total. The summed E-state index contributed by atoms with van der Waals surface area (Å²) in [5, 5.41) is 0. The van der Waals surface area contributed by atoms with E-state index in [0.29, 0.717) is 0 Å². The van der Waals surface area contributed by atoms with E-state index in [1.54, 1.807) is 0 Å². The molecular weight excluding hydrogens is 154 g/mol. The van der Waals surface area contributed by atoms with Crippen LogP contribution in [-0.4, -0.2) is 36.0 Å². The van der Waals surface area contributed by atoms with Gasteiger partial charge in [-0.05, 0) is 13.0 Å². The molecule has 1 heterocycles.